The first kappa shape index (κ1) is 11.9. The van der Waals surface area contributed by atoms with Crippen LogP contribution in [0.25, 0.3) is 6.08 Å². The minimum absolute atomic E-state index is 0.220. The Labute approximate surface area is 89.9 Å². The second kappa shape index (κ2) is 5.66. The maximum atomic E-state index is 8.96. The molecule has 0 aromatic heterocycles. The van der Waals surface area contributed by atoms with Crippen LogP contribution >= 0.6 is 0 Å². The van der Waals surface area contributed by atoms with Gasteiger partial charge in [-0.3, -0.25) is 0 Å². The Hall–Kier alpha value is -1.16. The van der Waals surface area contributed by atoms with E-state index in [-0.39, 0.29) is 13.2 Å². The predicted octanol–water partition coefficient (Wildman–Crippen LogP) is 0.772. The minimum Gasteiger partial charge on any atom is -0.394 e. The van der Waals surface area contributed by atoms with E-state index in [1.165, 1.54) is 0 Å². The summed E-state index contributed by atoms with van der Waals surface area (Å²) in [7, 11) is 0. The van der Waals surface area contributed by atoms with Gasteiger partial charge in [0.2, 0.25) is 0 Å². The summed E-state index contributed by atoms with van der Waals surface area (Å²) in [4.78, 5) is 0. The maximum absolute atomic E-state index is 8.96. The summed E-state index contributed by atoms with van der Waals surface area (Å²) in [5.41, 5.74) is 5.88. The Balaban J connectivity index is 2.53. The fourth-order valence-electron chi connectivity index (χ4n) is 1.17. The van der Waals surface area contributed by atoms with E-state index in [9.17, 15) is 0 Å². The molecule has 0 saturated carbocycles. The average Bonchev–Trinajstić information content (AvgIpc) is 2.30. The molecule has 0 aliphatic rings. The summed E-state index contributed by atoms with van der Waals surface area (Å²) in [6, 6.07) is 9.81. The summed E-state index contributed by atoms with van der Waals surface area (Å²) in [5, 5.41) is 17.9. The van der Waals surface area contributed by atoms with Gasteiger partial charge in [0.15, 0.2) is 0 Å². The molecule has 0 radical (unpaired) electrons. The van der Waals surface area contributed by atoms with Crippen LogP contribution in [0, 0.1) is 0 Å². The highest BCUT2D eigenvalue weighted by molar-refractivity contribution is 5.48. The van der Waals surface area contributed by atoms with Gasteiger partial charge in [-0.25, -0.2) is 0 Å². The van der Waals surface area contributed by atoms with Gasteiger partial charge < -0.3 is 15.9 Å². The fourth-order valence-corrected chi connectivity index (χ4v) is 1.17. The lowest BCUT2D eigenvalue weighted by molar-refractivity contribution is 0.123. The second-order valence-corrected chi connectivity index (χ2v) is 3.70. The van der Waals surface area contributed by atoms with Gasteiger partial charge in [0.25, 0.3) is 0 Å². The lowest BCUT2D eigenvalue weighted by Gasteiger charge is -2.22. The number of hydrogen-bond acceptors (Lipinski definition) is 3. The molecule has 0 unspecified atom stereocenters. The van der Waals surface area contributed by atoms with E-state index in [0.717, 1.165) is 5.56 Å². The topological polar surface area (TPSA) is 66.5 Å². The lowest BCUT2D eigenvalue weighted by Crippen LogP contribution is -2.46. The van der Waals surface area contributed by atoms with Crippen LogP contribution in [0.4, 0.5) is 0 Å². The Bertz CT molecular complexity index is 305. The molecule has 0 atom stereocenters. The second-order valence-electron chi connectivity index (χ2n) is 3.70. The molecule has 3 nitrogen and oxygen atoms in total. The molecule has 1 aromatic rings. The highest BCUT2D eigenvalue weighted by atomic mass is 16.3. The minimum atomic E-state index is -0.911. The molecule has 3 heteroatoms. The zero-order chi connectivity index (χ0) is 11.1. The third kappa shape index (κ3) is 3.83. The average molecular weight is 207 g/mol. The standard InChI is InChI=1S/C12H17NO2/c13-12(9-14,10-15)8-4-7-11-5-2-1-3-6-11/h1-7,14-15H,8-10,13H2. The largest absolute Gasteiger partial charge is 0.394 e. The SMILES string of the molecule is NC(CO)(CO)CC=Cc1ccccc1. The summed E-state index contributed by atoms with van der Waals surface area (Å²) < 4.78 is 0. The number of hydrogen-bond donors (Lipinski definition) is 3. The fraction of sp³-hybridized carbons (Fsp3) is 0.333. The third-order valence-electron chi connectivity index (χ3n) is 2.26. The zero-order valence-corrected chi connectivity index (χ0v) is 8.63. The van der Waals surface area contributed by atoms with Crippen molar-refractivity contribution in [2.24, 2.45) is 5.73 Å². The van der Waals surface area contributed by atoms with Gasteiger partial charge in [0, 0.05) is 0 Å². The van der Waals surface area contributed by atoms with E-state index < -0.39 is 5.54 Å². The molecule has 4 N–H and O–H groups in total. The summed E-state index contributed by atoms with van der Waals surface area (Å²) in [5.74, 6) is 0. The van der Waals surface area contributed by atoms with Gasteiger partial charge in [0.05, 0.1) is 18.8 Å². The number of benzene rings is 1. The van der Waals surface area contributed by atoms with Crippen LogP contribution in [0.3, 0.4) is 0 Å². The van der Waals surface area contributed by atoms with Crippen molar-refractivity contribution in [1.82, 2.24) is 0 Å². The number of aliphatic hydroxyl groups is 2. The molecule has 0 spiro atoms. The Morgan fingerprint density at radius 3 is 2.27 bits per heavy atom. The molecule has 1 rings (SSSR count). The molecular formula is C12H17NO2. The van der Waals surface area contributed by atoms with Crippen LogP contribution in [0.2, 0.25) is 0 Å². The first-order chi connectivity index (χ1) is 7.20. The summed E-state index contributed by atoms with van der Waals surface area (Å²) in [6.45, 7) is -0.439. The first-order valence-corrected chi connectivity index (χ1v) is 4.92. The van der Waals surface area contributed by atoms with Crippen LogP contribution in [0.5, 0.6) is 0 Å². The predicted molar refractivity (Wildman–Crippen MR) is 61.2 cm³/mol. The van der Waals surface area contributed by atoms with E-state index in [1.807, 2.05) is 42.5 Å². The van der Waals surface area contributed by atoms with Crippen molar-refractivity contribution >= 4 is 6.08 Å². The van der Waals surface area contributed by atoms with Crippen molar-refractivity contribution < 1.29 is 10.2 Å². The van der Waals surface area contributed by atoms with Gasteiger partial charge in [0.1, 0.15) is 0 Å². The first-order valence-electron chi connectivity index (χ1n) is 4.92. The number of nitrogens with two attached hydrogens (primary N) is 1. The zero-order valence-electron chi connectivity index (χ0n) is 8.63. The molecule has 0 saturated heterocycles. The quantitative estimate of drug-likeness (QED) is 0.668. The molecule has 0 aliphatic carbocycles. The highest BCUT2D eigenvalue weighted by Crippen LogP contribution is 2.08. The van der Waals surface area contributed by atoms with Crippen molar-refractivity contribution in [2.45, 2.75) is 12.0 Å². The molecule has 0 heterocycles. The third-order valence-corrected chi connectivity index (χ3v) is 2.26. The molecule has 1 aromatic carbocycles. The van der Waals surface area contributed by atoms with Gasteiger partial charge in [-0.1, -0.05) is 42.5 Å². The van der Waals surface area contributed by atoms with Crippen molar-refractivity contribution in [1.29, 1.82) is 0 Å². The number of aliphatic hydroxyl groups excluding tert-OH is 2. The molecule has 0 aliphatic heterocycles. The maximum Gasteiger partial charge on any atom is 0.0658 e. The van der Waals surface area contributed by atoms with E-state index >= 15 is 0 Å². The Morgan fingerprint density at radius 1 is 1.13 bits per heavy atom. The number of rotatable bonds is 5. The van der Waals surface area contributed by atoms with Gasteiger partial charge in [-0.15, -0.1) is 0 Å². The van der Waals surface area contributed by atoms with Gasteiger partial charge in [-0.05, 0) is 12.0 Å². The molecule has 15 heavy (non-hydrogen) atoms. The van der Waals surface area contributed by atoms with E-state index in [2.05, 4.69) is 0 Å². The molecule has 0 amide bonds. The molecular weight excluding hydrogens is 190 g/mol. The molecule has 0 bridgehead atoms. The highest BCUT2D eigenvalue weighted by Gasteiger charge is 2.20. The van der Waals surface area contributed by atoms with Crippen LogP contribution in [0.1, 0.15) is 12.0 Å². The lowest BCUT2D eigenvalue weighted by atomic mass is 9.98. The Morgan fingerprint density at radius 2 is 1.73 bits per heavy atom. The van der Waals surface area contributed by atoms with Crippen molar-refractivity contribution in [3.63, 3.8) is 0 Å². The van der Waals surface area contributed by atoms with Crippen molar-refractivity contribution in [2.75, 3.05) is 13.2 Å². The normalized spacial score (nSPS) is 12.2. The Kier molecular flexibility index (Phi) is 4.49. The smallest absolute Gasteiger partial charge is 0.0658 e. The molecule has 0 fully saturated rings. The summed E-state index contributed by atoms with van der Waals surface area (Å²) in [6.07, 6.45) is 4.24. The van der Waals surface area contributed by atoms with Gasteiger partial charge in [-0.2, -0.15) is 0 Å². The van der Waals surface area contributed by atoms with Crippen LogP contribution < -0.4 is 5.73 Å². The summed E-state index contributed by atoms with van der Waals surface area (Å²) >= 11 is 0. The van der Waals surface area contributed by atoms with E-state index in [4.69, 9.17) is 15.9 Å². The monoisotopic (exact) mass is 207 g/mol. The van der Waals surface area contributed by atoms with Gasteiger partial charge >= 0.3 is 0 Å². The molecule has 82 valence electrons. The van der Waals surface area contributed by atoms with E-state index in [1.54, 1.807) is 0 Å². The van der Waals surface area contributed by atoms with Crippen LogP contribution in [-0.2, 0) is 0 Å². The van der Waals surface area contributed by atoms with Crippen LogP contribution in [-0.4, -0.2) is 29.0 Å². The van der Waals surface area contributed by atoms with E-state index in [0.29, 0.717) is 6.42 Å². The van der Waals surface area contributed by atoms with Crippen molar-refractivity contribution in [3.05, 3.63) is 42.0 Å². The van der Waals surface area contributed by atoms with Crippen molar-refractivity contribution in [3.8, 4) is 0 Å². The van der Waals surface area contributed by atoms with Crippen LogP contribution in [0.15, 0.2) is 36.4 Å².